The van der Waals surface area contributed by atoms with Crippen molar-refractivity contribution < 1.29 is 28.9 Å². The first-order valence-corrected chi connectivity index (χ1v) is 20.4. The normalized spacial score (nSPS) is 13.2. The summed E-state index contributed by atoms with van der Waals surface area (Å²) < 4.78 is 19.3. The van der Waals surface area contributed by atoms with E-state index in [1.54, 1.807) is 12.1 Å². The van der Waals surface area contributed by atoms with Crippen LogP contribution in [0.2, 0.25) is 0 Å². The van der Waals surface area contributed by atoms with Crippen molar-refractivity contribution in [2.24, 2.45) is 35.5 Å². The van der Waals surface area contributed by atoms with Gasteiger partial charge in [0.05, 0.1) is 41.4 Å². The van der Waals surface area contributed by atoms with Gasteiger partial charge < -0.3 is 19.5 Å². The van der Waals surface area contributed by atoms with Gasteiger partial charge in [-0.2, -0.15) is 0 Å². The minimum Gasteiger partial charge on any atom is -0.490 e. The van der Waals surface area contributed by atoms with Gasteiger partial charge in [-0.15, -0.1) is 0 Å². The molecule has 0 aliphatic carbocycles. The summed E-state index contributed by atoms with van der Waals surface area (Å²) in [4.78, 5) is 35.3. The van der Waals surface area contributed by atoms with E-state index in [0.29, 0.717) is 72.6 Å². The van der Waals surface area contributed by atoms with Crippen LogP contribution in [-0.4, -0.2) is 35.6 Å². The van der Waals surface area contributed by atoms with Crippen LogP contribution >= 0.6 is 0 Å². The maximum absolute atomic E-state index is 13.8. The zero-order valence-electron chi connectivity index (χ0n) is 34.6. The fraction of sp³-hybridized carbons (Fsp3) is 0.698. The number of benzene rings is 2. The molecule has 2 aromatic carbocycles. The third-order valence-electron chi connectivity index (χ3n) is 9.89. The Morgan fingerprint density at radius 3 is 1.28 bits per heavy atom. The average Bonchev–Trinajstić information content (AvgIpc) is 3.08. The van der Waals surface area contributed by atoms with Gasteiger partial charge in [0.25, 0.3) is 17.3 Å². The summed E-state index contributed by atoms with van der Waals surface area (Å²) in [5.74, 6) is 3.97. The summed E-state index contributed by atoms with van der Waals surface area (Å²) >= 11 is 0. The smallest absolute Gasteiger partial charge is 0.278 e. The number of nitrogens with one attached hydrogen (secondary N) is 1. The molecule has 54 heavy (non-hydrogen) atoms. The number of carbonyl (C=O) groups excluding carboxylic acids is 1. The summed E-state index contributed by atoms with van der Waals surface area (Å²) in [6.45, 7) is 21.4. The molecule has 1 amide bonds. The Morgan fingerprint density at radius 1 is 0.556 bits per heavy atom. The maximum Gasteiger partial charge on any atom is 0.278 e. The molecule has 0 bridgehead atoms. The minimum absolute atomic E-state index is 0.0666. The summed E-state index contributed by atoms with van der Waals surface area (Å²) in [6, 6.07) is 6.26. The number of anilines is 1. The molecule has 2 rings (SSSR count). The Morgan fingerprint density at radius 2 is 0.926 bits per heavy atom. The van der Waals surface area contributed by atoms with Crippen LogP contribution in [0.3, 0.4) is 0 Å². The van der Waals surface area contributed by atoms with Crippen molar-refractivity contribution in [2.45, 2.75) is 139 Å². The summed E-state index contributed by atoms with van der Waals surface area (Å²) in [5.41, 5.74) is -0.888. The van der Waals surface area contributed by atoms with Crippen molar-refractivity contribution in [3.05, 3.63) is 56.1 Å². The highest BCUT2D eigenvalue weighted by Crippen LogP contribution is 2.40. The molecule has 0 saturated heterocycles. The van der Waals surface area contributed by atoms with Crippen LogP contribution in [0.1, 0.15) is 150 Å². The second-order valence-electron chi connectivity index (χ2n) is 16.7. The summed E-state index contributed by atoms with van der Waals surface area (Å²) in [7, 11) is 0. The number of ether oxygens (including phenoxy) is 3. The molecule has 11 nitrogen and oxygen atoms in total. The van der Waals surface area contributed by atoms with Gasteiger partial charge >= 0.3 is 0 Å². The van der Waals surface area contributed by atoms with E-state index < -0.39 is 27.1 Å². The maximum atomic E-state index is 13.8. The Labute approximate surface area is 324 Å². The number of nitro groups is 2. The number of nitro benzene ring substituents is 2. The third-order valence-corrected chi connectivity index (χ3v) is 9.89. The van der Waals surface area contributed by atoms with Crippen LogP contribution in [0, 0.1) is 55.7 Å². The van der Waals surface area contributed by atoms with E-state index in [-0.39, 0.29) is 11.3 Å². The van der Waals surface area contributed by atoms with Crippen LogP contribution in [0.15, 0.2) is 30.3 Å². The van der Waals surface area contributed by atoms with Crippen LogP contribution in [-0.2, 0) is 0 Å². The van der Waals surface area contributed by atoms with Crippen molar-refractivity contribution in [2.75, 3.05) is 25.1 Å². The first-order valence-electron chi connectivity index (χ1n) is 20.4. The van der Waals surface area contributed by atoms with E-state index in [9.17, 15) is 25.0 Å². The van der Waals surface area contributed by atoms with Crippen molar-refractivity contribution >= 4 is 23.0 Å². The zero-order chi connectivity index (χ0) is 40.2. The van der Waals surface area contributed by atoms with Crippen LogP contribution in [0.4, 0.5) is 17.1 Å². The van der Waals surface area contributed by atoms with Crippen LogP contribution < -0.4 is 19.5 Å². The largest absolute Gasteiger partial charge is 0.490 e. The number of non-ortho nitro benzene ring substituents is 2. The standard InChI is InChI=1S/C43H69N3O8/c1-30(2)13-10-16-33(7)19-22-52-40-25-36(43(47)44-37-27-38(45(48)49)29-39(28-37)46(50)51)26-41(53-23-20-34(8)17-11-14-31(3)4)42(40)54-24-21-35(9)18-12-15-32(5)6/h25-35H,10-24H2,1-9H3,(H,44,47)/t33-,34-,35-/m1/s1. The summed E-state index contributed by atoms with van der Waals surface area (Å²) in [6.07, 6.45) is 12.8. The third kappa shape index (κ3) is 18.4. The number of hydrogen-bond acceptors (Lipinski definition) is 8. The van der Waals surface area contributed by atoms with Gasteiger partial charge in [0.1, 0.15) is 0 Å². The predicted molar refractivity (Wildman–Crippen MR) is 218 cm³/mol. The number of rotatable bonds is 28. The van der Waals surface area contributed by atoms with Gasteiger partial charge in [0, 0.05) is 17.7 Å². The molecule has 0 heterocycles. The molecule has 3 atom stereocenters. The molecule has 11 heteroatoms. The highest BCUT2D eigenvalue weighted by molar-refractivity contribution is 6.05. The Hall–Kier alpha value is -3.89. The van der Waals surface area contributed by atoms with E-state index in [0.717, 1.165) is 69.6 Å². The van der Waals surface area contributed by atoms with Crippen molar-refractivity contribution in [3.8, 4) is 17.2 Å². The molecule has 0 fully saturated rings. The molecule has 304 valence electrons. The summed E-state index contributed by atoms with van der Waals surface area (Å²) in [5, 5.41) is 25.6. The van der Waals surface area contributed by atoms with Crippen molar-refractivity contribution in [1.29, 1.82) is 0 Å². The fourth-order valence-corrected chi connectivity index (χ4v) is 6.30. The van der Waals surface area contributed by atoms with Gasteiger partial charge in [-0.3, -0.25) is 25.0 Å². The zero-order valence-corrected chi connectivity index (χ0v) is 34.6. The number of hydrogen-bond donors (Lipinski definition) is 1. The molecule has 0 aliphatic heterocycles. The molecule has 0 radical (unpaired) electrons. The minimum atomic E-state index is -0.731. The van der Waals surface area contributed by atoms with E-state index in [4.69, 9.17) is 14.2 Å². The number of amides is 1. The van der Waals surface area contributed by atoms with Crippen LogP contribution in [0.5, 0.6) is 17.2 Å². The van der Waals surface area contributed by atoms with Gasteiger partial charge in [-0.25, -0.2) is 0 Å². The second-order valence-corrected chi connectivity index (χ2v) is 16.7. The molecular weight excluding hydrogens is 686 g/mol. The lowest BCUT2D eigenvalue weighted by Gasteiger charge is -2.21. The molecule has 0 aliphatic rings. The molecule has 2 aromatic rings. The molecule has 0 unspecified atom stereocenters. The second kappa shape index (κ2) is 24.5. The first-order chi connectivity index (χ1) is 25.5. The lowest BCUT2D eigenvalue weighted by atomic mass is 9.97. The monoisotopic (exact) mass is 756 g/mol. The fourth-order valence-electron chi connectivity index (χ4n) is 6.30. The van der Waals surface area contributed by atoms with Crippen molar-refractivity contribution in [3.63, 3.8) is 0 Å². The Bertz CT molecular complexity index is 1360. The highest BCUT2D eigenvalue weighted by atomic mass is 16.6. The van der Waals surface area contributed by atoms with Crippen molar-refractivity contribution in [1.82, 2.24) is 0 Å². The molecule has 0 spiro atoms. The van der Waals surface area contributed by atoms with Gasteiger partial charge in [0.15, 0.2) is 11.5 Å². The van der Waals surface area contributed by atoms with E-state index in [2.05, 4.69) is 67.6 Å². The Kier molecular flexibility index (Phi) is 21.0. The SMILES string of the molecule is CC(C)CCC[C@@H](C)CCOc1cc(C(=O)Nc2cc([N+](=O)[O-])cc([N+](=O)[O-])c2)cc(OCC[C@H](C)CCCC(C)C)c1OCC[C@H](C)CCCC(C)C. The van der Waals surface area contributed by atoms with Gasteiger partial charge in [-0.05, 0) is 66.9 Å². The molecular formula is C43H69N3O8. The topological polar surface area (TPSA) is 143 Å². The molecule has 1 N–H and O–H groups in total. The lowest BCUT2D eigenvalue weighted by molar-refractivity contribution is -0.394. The van der Waals surface area contributed by atoms with Crippen LogP contribution in [0.25, 0.3) is 0 Å². The van der Waals surface area contributed by atoms with Gasteiger partial charge in [0.2, 0.25) is 5.75 Å². The van der Waals surface area contributed by atoms with E-state index in [1.165, 1.54) is 25.7 Å². The first kappa shape index (κ1) is 46.3. The quantitative estimate of drug-likeness (QED) is 0.0667. The van der Waals surface area contributed by atoms with Gasteiger partial charge in [-0.1, -0.05) is 120 Å². The average molecular weight is 756 g/mol. The van der Waals surface area contributed by atoms with E-state index >= 15 is 0 Å². The number of nitrogens with zero attached hydrogens (tertiary/aromatic N) is 2. The molecule has 0 aromatic heterocycles. The molecule has 0 saturated carbocycles. The predicted octanol–water partition coefficient (Wildman–Crippen LogP) is 12.4. The highest BCUT2D eigenvalue weighted by Gasteiger charge is 2.23. The lowest BCUT2D eigenvalue weighted by Crippen LogP contribution is -2.15. The van der Waals surface area contributed by atoms with E-state index in [1.807, 2.05) is 0 Å². The Balaban J connectivity index is 2.43. The number of carbonyl (C=O) groups is 1.